The molecule has 2 atom stereocenters. The summed E-state index contributed by atoms with van der Waals surface area (Å²) in [5, 5.41) is 2.91. The third kappa shape index (κ3) is 3.54. The van der Waals surface area contributed by atoms with Crippen molar-refractivity contribution < 1.29 is 13.2 Å². The molecule has 1 aliphatic carbocycles. The minimum Gasteiger partial charge on any atom is -0.367 e. The van der Waals surface area contributed by atoms with Crippen molar-refractivity contribution in [3.8, 4) is 0 Å². The summed E-state index contributed by atoms with van der Waals surface area (Å²) in [6.07, 6.45) is -0.311. The summed E-state index contributed by atoms with van der Waals surface area (Å²) in [4.78, 5) is 3.86. The van der Waals surface area contributed by atoms with E-state index in [1.54, 1.807) is 0 Å². The molecular weight excluding hydrogens is 344 g/mol. The number of hydrogen-bond donors (Lipinski definition) is 1. The second kappa shape index (κ2) is 5.87. The number of nitrogens with one attached hydrogen (secondary N) is 1. The Morgan fingerprint density at radius 3 is 2.79 bits per heavy atom. The molecule has 0 aliphatic heterocycles. The molecule has 7 heteroatoms. The van der Waals surface area contributed by atoms with Crippen LogP contribution in [0.2, 0.25) is 0 Å². The van der Waals surface area contributed by atoms with Crippen LogP contribution in [0.1, 0.15) is 24.8 Å². The number of nitrogens with zero attached hydrogens (tertiary/aromatic N) is 1. The number of alkyl halides is 4. The Morgan fingerprint density at radius 1 is 1.42 bits per heavy atom. The van der Waals surface area contributed by atoms with Crippen molar-refractivity contribution in [1.82, 2.24) is 4.98 Å². The largest absolute Gasteiger partial charge is 0.419 e. The minimum absolute atomic E-state index is 0.0349. The van der Waals surface area contributed by atoms with Crippen molar-refractivity contribution in [3.63, 3.8) is 0 Å². The molecule has 1 aromatic heterocycles. The van der Waals surface area contributed by atoms with E-state index in [0.29, 0.717) is 10.4 Å². The highest BCUT2D eigenvalue weighted by molar-refractivity contribution is 9.10. The summed E-state index contributed by atoms with van der Waals surface area (Å²) in [5.41, 5.74) is -0.748. The van der Waals surface area contributed by atoms with E-state index < -0.39 is 11.7 Å². The van der Waals surface area contributed by atoms with Crippen LogP contribution in [-0.2, 0) is 6.18 Å². The van der Waals surface area contributed by atoms with Crippen molar-refractivity contribution in [1.29, 1.82) is 0 Å². The number of anilines is 1. The maximum atomic E-state index is 13.0. The number of hydrogen-bond acceptors (Lipinski definition) is 2. The van der Waals surface area contributed by atoms with Gasteiger partial charge < -0.3 is 5.32 Å². The van der Waals surface area contributed by atoms with Gasteiger partial charge in [0.05, 0.1) is 5.56 Å². The Morgan fingerprint density at radius 2 is 2.16 bits per heavy atom. The smallest absolute Gasteiger partial charge is 0.367 e. The summed E-state index contributed by atoms with van der Waals surface area (Å²) in [7, 11) is 0. The topological polar surface area (TPSA) is 24.9 Å². The lowest BCUT2D eigenvalue weighted by molar-refractivity contribution is -0.137. The standard InChI is InChI=1S/C12H13BrClF3N2/c13-8-4-9(12(15,16)17)11(18-6-8)19-10-3-1-2-7(10)5-14/h4,6-7,10H,1-3,5H2,(H,18,19). The van der Waals surface area contributed by atoms with Crippen LogP contribution in [0.4, 0.5) is 19.0 Å². The fraction of sp³-hybridized carbons (Fsp3) is 0.583. The van der Waals surface area contributed by atoms with Gasteiger partial charge in [-0.15, -0.1) is 11.6 Å². The fourth-order valence-electron chi connectivity index (χ4n) is 2.36. The van der Waals surface area contributed by atoms with Gasteiger partial charge in [-0.3, -0.25) is 0 Å². The van der Waals surface area contributed by atoms with Crippen LogP contribution in [0.3, 0.4) is 0 Å². The van der Waals surface area contributed by atoms with Crippen LogP contribution in [-0.4, -0.2) is 16.9 Å². The van der Waals surface area contributed by atoms with E-state index in [4.69, 9.17) is 11.6 Å². The molecule has 1 aliphatic rings. The Hall–Kier alpha value is -0.490. The number of pyridine rings is 1. The monoisotopic (exact) mass is 356 g/mol. The zero-order valence-corrected chi connectivity index (χ0v) is 12.3. The predicted molar refractivity (Wildman–Crippen MR) is 72.4 cm³/mol. The molecule has 1 heterocycles. The number of rotatable bonds is 3. The number of aromatic nitrogens is 1. The highest BCUT2D eigenvalue weighted by Crippen LogP contribution is 2.37. The molecule has 1 fully saturated rings. The van der Waals surface area contributed by atoms with Gasteiger partial charge in [0.2, 0.25) is 0 Å². The molecule has 1 N–H and O–H groups in total. The predicted octanol–water partition coefficient (Wildman–Crippen LogP) is 4.68. The van der Waals surface area contributed by atoms with Gasteiger partial charge in [0, 0.05) is 22.6 Å². The summed E-state index contributed by atoms with van der Waals surface area (Å²) < 4.78 is 39.2. The molecule has 0 radical (unpaired) electrons. The van der Waals surface area contributed by atoms with Gasteiger partial charge in [-0.05, 0) is 40.8 Å². The van der Waals surface area contributed by atoms with E-state index >= 15 is 0 Å². The fourth-order valence-corrected chi connectivity index (χ4v) is 3.06. The summed E-state index contributed by atoms with van der Waals surface area (Å²) in [5.74, 6) is 0.543. The molecule has 1 aromatic rings. The highest BCUT2D eigenvalue weighted by Gasteiger charge is 2.36. The summed E-state index contributed by atoms with van der Waals surface area (Å²) in [6.45, 7) is 0. The van der Waals surface area contributed by atoms with Crippen LogP contribution in [0.5, 0.6) is 0 Å². The quantitative estimate of drug-likeness (QED) is 0.794. The zero-order valence-electron chi connectivity index (χ0n) is 9.97. The normalized spacial score (nSPS) is 23.6. The maximum Gasteiger partial charge on any atom is 0.419 e. The lowest BCUT2D eigenvalue weighted by atomic mass is 10.1. The van der Waals surface area contributed by atoms with Gasteiger partial charge in [-0.2, -0.15) is 13.2 Å². The van der Waals surface area contributed by atoms with E-state index in [1.807, 2.05) is 0 Å². The first kappa shape index (κ1) is 14.9. The molecule has 0 spiro atoms. The molecule has 0 saturated heterocycles. The molecule has 2 nitrogen and oxygen atoms in total. The first-order valence-corrected chi connectivity index (χ1v) is 7.30. The van der Waals surface area contributed by atoms with Crippen LogP contribution in [0.15, 0.2) is 16.7 Å². The third-order valence-electron chi connectivity index (χ3n) is 3.34. The van der Waals surface area contributed by atoms with E-state index in [-0.39, 0.29) is 17.8 Å². The van der Waals surface area contributed by atoms with Crippen molar-refractivity contribution >= 4 is 33.3 Å². The van der Waals surface area contributed by atoms with E-state index in [1.165, 1.54) is 6.20 Å². The first-order chi connectivity index (χ1) is 8.91. The average Bonchev–Trinajstić information content (AvgIpc) is 2.77. The Bertz CT molecular complexity index is 453. The van der Waals surface area contributed by atoms with Crippen LogP contribution < -0.4 is 5.32 Å². The Balaban J connectivity index is 2.25. The van der Waals surface area contributed by atoms with Gasteiger partial charge in [-0.25, -0.2) is 4.98 Å². The Kier molecular flexibility index (Phi) is 4.61. The second-order valence-electron chi connectivity index (χ2n) is 4.64. The summed E-state index contributed by atoms with van der Waals surface area (Å²) >= 11 is 8.85. The van der Waals surface area contributed by atoms with Crippen LogP contribution in [0.25, 0.3) is 0 Å². The molecule has 0 amide bonds. The second-order valence-corrected chi connectivity index (χ2v) is 5.87. The van der Waals surface area contributed by atoms with E-state index in [0.717, 1.165) is 25.3 Å². The van der Waals surface area contributed by atoms with Crippen LogP contribution in [0, 0.1) is 5.92 Å². The van der Waals surface area contributed by atoms with Gasteiger partial charge in [0.1, 0.15) is 5.82 Å². The highest BCUT2D eigenvalue weighted by atomic mass is 79.9. The van der Waals surface area contributed by atoms with Crippen molar-refractivity contribution in [2.24, 2.45) is 5.92 Å². The molecule has 0 aromatic carbocycles. The molecule has 2 unspecified atom stereocenters. The molecule has 0 bridgehead atoms. The van der Waals surface area contributed by atoms with E-state index in [2.05, 4.69) is 26.2 Å². The van der Waals surface area contributed by atoms with Crippen molar-refractivity contribution in [2.75, 3.05) is 11.2 Å². The van der Waals surface area contributed by atoms with Crippen molar-refractivity contribution in [3.05, 3.63) is 22.3 Å². The molecular formula is C12H13BrClF3N2. The van der Waals surface area contributed by atoms with Gasteiger partial charge in [0.25, 0.3) is 0 Å². The molecule has 2 rings (SSSR count). The molecule has 1 saturated carbocycles. The summed E-state index contributed by atoms with van der Waals surface area (Å²) in [6, 6.07) is 1.01. The average molecular weight is 358 g/mol. The molecule has 19 heavy (non-hydrogen) atoms. The van der Waals surface area contributed by atoms with Crippen molar-refractivity contribution in [2.45, 2.75) is 31.5 Å². The van der Waals surface area contributed by atoms with Gasteiger partial charge in [-0.1, -0.05) is 6.42 Å². The molecule has 106 valence electrons. The Labute approximate surface area is 122 Å². The zero-order chi connectivity index (χ0) is 14.0. The van der Waals surface area contributed by atoms with E-state index in [9.17, 15) is 13.2 Å². The third-order valence-corrected chi connectivity index (χ3v) is 4.17. The number of halogens is 5. The lowest BCUT2D eigenvalue weighted by Crippen LogP contribution is -2.27. The lowest BCUT2D eigenvalue weighted by Gasteiger charge is -2.22. The van der Waals surface area contributed by atoms with Crippen LogP contribution >= 0.6 is 27.5 Å². The SMILES string of the molecule is FC(F)(F)c1cc(Br)cnc1NC1CCCC1CCl. The first-order valence-electron chi connectivity index (χ1n) is 5.97. The maximum absolute atomic E-state index is 13.0. The van der Waals surface area contributed by atoms with Gasteiger partial charge in [0.15, 0.2) is 0 Å². The van der Waals surface area contributed by atoms with Gasteiger partial charge >= 0.3 is 6.18 Å². The minimum atomic E-state index is -4.42.